The Kier molecular flexibility index (Phi) is 12.6. The molecule has 336 valence electrons. The molecule has 6 heteroatoms. The predicted molar refractivity (Wildman–Crippen MR) is 284 cm³/mol. The summed E-state index contributed by atoms with van der Waals surface area (Å²) in [5.74, 6) is 0. The maximum absolute atomic E-state index is 4.73. The number of pyridine rings is 1. The quantitative estimate of drug-likeness (QED) is 0.121. The molecule has 12 rings (SSSR count). The van der Waals surface area contributed by atoms with Gasteiger partial charge in [0.1, 0.15) is 0 Å². The van der Waals surface area contributed by atoms with Gasteiger partial charge in [0.15, 0.2) is 0 Å². The summed E-state index contributed by atoms with van der Waals surface area (Å²) >= 11 is 0. The average molecular weight is 1090 g/mol. The summed E-state index contributed by atoms with van der Waals surface area (Å²) in [4.78, 5) is 4.73. The topological polar surface area (TPSA) is 48.5 Å². The van der Waals surface area contributed by atoms with Crippen molar-refractivity contribution in [2.75, 3.05) is 0 Å². The van der Waals surface area contributed by atoms with Crippen LogP contribution in [0, 0.1) is 18.2 Å². The normalized spacial score (nSPS) is 11.0. The van der Waals surface area contributed by atoms with Crippen LogP contribution in [0.3, 0.4) is 0 Å². The van der Waals surface area contributed by atoms with Crippen molar-refractivity contribution in [3.63, 3.8) is 0 Å². The summed E-state index contributed by atoms with van der Waals surface area (Å²) in [5, 5.41) is 8.87. The van der Waals surface area contributed by atoms with E-state index in [1.54, 1.807) is 12.4 Å². The summed E-state index contributed by atoms with van der Waals surface area (Å²) in [7, 11) is 0. The number of aromatic nitrogens is 5. The van der Waals surface area contributed by atoms with Gasteiger partial charge in [-0.3, -0.25) is 9.36 Å². The number of nitrogens with zero attached hydrogens (tertiary/aromatic N) is 5. The molecule has 0 unspecified atom stereocenters. The molecule has 0 N–H and O–H groups in total. The van der Waals surface area contributed by atoms with Gasteiger partial charge in [-0.1, -0.05) is 167 Å². The van der Waals surface area contributed by atoms with Gasteiger partial charge in [-0.2, -0.15) is 46.6 Å². The first-order valence-corrected chi connectivity index (χ1v) is 23.3. The van der Waals surface area contributed by atoms with Gasteiger partial charge in [-0.05, 0) is 104 Å². The van der Waals surface area contributed by atoms with E-state index in [-0.39, 0.29) is 20.1 Å². The van der Waals surface area contributed by atoms with Crippen molar-refractivity contribution in [3.8, 4) is 112 Å². The molecule has 9 aromatic carbocycles. The first-order chi connectivity index (χ1) is 34.7. The molecule has 12 aromatic rings. The Morgan fingerprint density at radius 1 is 0.296 bits per heavy atom. The Morgan fingerprint density at radius 3 is 1.23 bits per heavy atom. The SMILES string of the molecule is [Ir+3].[c-]1cc(-c2ccccc2-c2cc(-c3ccccc3-c3c[c-]c(-n4cccn4)cc3)cc(-c3ccccc3-c3c[c-]c(-n4cccn4)cc3)c2)c(-c2ccc(-c3ccccc3)cc2)cc1-c1ccccn1. The van der Waals surface area contributed by atoms with Crippen LogP contribution in [0.15, 0.2) is 255 Å². The molecule has 0 fully saturated rings. The maximum atomic E-state index is 4.73. The molecule has 0 saturated carbocycles. The second kappa shape index (κ2) is 20.0. The molecule has 0 aliphatic carbocycles. The van der Waals surface area contributed by atoms with E-state index in [0.717, 1.165) is 101 Å². The number of rotatable bonds is 11. The van der Waals surface area contributed by atoms with Gasteiger partial charge in [0.25, 0.3) is 0 Å². The minimum Gasteiger partial charge on any atom is -0.305 e. The largest absolute Gasteiger partial charge is 3.00 e. The van der Waals surface area contributed by atoms with E-state index >= 15 is 0 Å². The third-order valence-electron chi connectivity index (χ3n) is 12.8. The van der Waals surface area contributed by atoms with Crippen LogP contribution in [-0.2, 0) is 20.1 Å². The zero-order valence-corrected chi connectivity index (χ0v) is 40.7. The zero-order valence-electron chi connectivity index (χ0n) is 38.3. The molecule has 5 nitrogen and oxygen atoms in total. The molecule has 0 bridgehead atoms. The van der Waals surface area contributed by atoms with Gasteiger partial charge in [0.2, 0.25) is 0 Å². The van der Waals surface area contributed by atoms with Gasteiger partial charge in [-0.15, -0.1) is 47.0 Å². The van der Waals surface area contributed by atoms with E-state index in [0.29, 0.717) is 0 Å². The Morgan fingerprint density at radius 2 is 0.746 bits per heavy atom. The van der Waals surface area contributed by atoms with Crippen molar-refractivity contribution in [1.82, 2.24) is 24.5 Å². The molecular formula is C65H42IrN5. The van der Waals surface area contributed by atoms with Crippen LogP contribution in [0.2, 0.25) is 0 Å². The molecule has 0 amide bonds. The van der Waals surface area contributed by atoms with Crippen LogP contribution < -0.4 is 0 Å². The molecular weight excluding hydrogens is 1040 g/mol. The second-order valence-corrected chi connectivity index (χ2v) is 17.1. The van der Waals surface area contributed by atoms with Gasteiger partial charge in [0, 0.05) is 31.0 Å². The maximum Gasteiger partial charge on any atom is 3.00 e. The summed E-state index contributed by atoms with van der Waals surface area (Å²) in [6.45, 7) is 0. The predicted octanol–water partition coefficient (Wildman–Crippen LogP) is 15.9. The Balaban J connectivity index is 0.00000547. The van der Waals surface area contributed by atoms with Gasteiger partial charge in [0.05, 0.1) is 0 Å². The molecule has 0 saturated heterocycles. The van der Waals surface area contributed by atoms with E-state index in [9.17, 15) is 0 Å². The summed E-state index contributed by atoms with van der Waals surface area (Å²) in [6.07, 6.45) is 9.28. The molecule has 3 heterocycles. The summed E-state index contributed by atoms with van der Waals surface area (Å²) < 4.78 is 3.66. The zero-order chi connectivity index (χ0) is 46.6. The first-order valence-electron chi connectivity index (χ1n) is 23.3. The van der Waals surface area contributed by atoms with Gasteiger partial charge in [-0.25, -0.2) is 0 Å². The fraction of sp³-hybridized carbons (Fsp3) is 0. The van der Waals surface area contributed by atoms with E-state index in [2.05, 4.69) is 223 Å². The second-order valence-electron chi connectivity index (χ2n) is 17.1. The van der Waals surface area contributed by atoms with E-state index in [1.807, 2.05) is 58.3 Å². The molecule has 0 aliphatic rings. The van der Waals surface area contributed by atoms with E-state index in [1.165, 1.54) is 11.1 Å². The van der Waals surface area contributed by atoms with Crippen molar-refractivity contribution in [1.29, 1.82) is 0 Å². The number of hydrogen-bond donors (Lipinski definition) is 0. The fourth-order valence-electron chi connectivity index (χ4n) is 9.41. The van der Waals surface area contributed by atoms with Crippen LogP contribution in [0.25, 0.3) is 112 Å². The van der Waals surface area contributed by atoms with Crippen molar-refractivity contribution in [3.05, 3.63) is 274 Å². The van der Waals surface area contributed by atoms with Gasteiger partial charge >= 0.3 is 20.1 Å². The van der Waals surface area contributed by atoms with Crippen LogP contribution in [-0.4, -0.2) is 24.5 Å². The Labute approximate surface area is 427 Å². The average Bonchev–Trinajstić information content (AvgIpc) is 4.21. The molecule has 0 spiro atoms. The van der Waals surface area contributed by atoms with Gasteiger partial charge < -0.3 is 4.98 Å². The summed E-state index contributed by atoms with van der Waals surface area (Å²) in [6, 6.07) is 90.0. The number of hydrogen-bond acceptors (Lipinski definition) is 3. The van der Waals surface area contributed by atoms with E-state index in [4.69, 9.17) is 4.98 Å². The Bertz CT molecular complexity index is 3580. The molecule has 0 radical (unpaired) electrons. The molecule has 71 heavy (non-hydrogen) atoms. The van der Waals surface area contributed by atoms with Crippen LogP contribution in [0.4, 0.5) is 0 Å². The van der Waals surface area contributed by atoms with Crippen molar-refractivity contribution < 1.29 is 20.1 Å². The third kappa shape index (κ3) is 9.14. The standard InChI is InChI=1S/C65H42N5.Ir/c1-2-14-46(15-3-1)47-23-25-50(26-24-47)64-45-51(65-22-10-11-37-66-65)31-36-63(64)62-21-9-8-20-61(62)54-43-52(59-18-6-4-16-57(59)48-27-32-55(33-28-48)69-40-12-38-67-69)42-53(44-54)60-19-7-5-17-58(60)49-29-34-56(35-30-49)70-41-13-39-68-70;/h1-30,32,34,36-45H;/q-3;+3. The smallest absolute Gasteiger partial charge is 0.305 e. The minimum atomic E-state index is 0. The summed E-state index contributed by atoms with van der Waals surface area (Å²) in [5.41, 5.74) is 21.3. The molecule has 0 atom stereocenters. The third-order valence-corrected chi connectivity index (χ3v) is 12.8. The fourth-order valence-corrected chi connectivity index (χ4v) is 9.41. The molecule has 3 aromatic heterocycles. The minimum absolute atomic E-state index is 0. The monoisotopic (exact) mass is 1090 g/mol. The van der Waals surface area contributed by atoms with Crippen LogP contribution in [0.5, 0.6) is 0 Å². The van der Waals surface area contributed by atoms with Crippen LogP contribution >= 0.6 is 0 Å². The van der Waals surface area contributed by atoms with Crippen LogP contribution in [0.1, 0.15) is 0 Å². The van der Waals surface area contributed by atoms with Crippen molar-refractivity contribution in [2.24, 2.45) is 0 Å². The van der Waals surface area contributed by atoms with E-state index < -0.39 is 0 Å². The van der Waals surface area contributed by atoms with Crippen molar-refractivity contribution >= 4 is 0 Å². The van der Waals surface area contributed by atoms with Crippen molar-refractivity contribution in [2.45, 2.75) is 0 Å². The Hall–Kier alpha value is -8.80. The molecule has 0 aliphatic heterocycles. The first kappa shape index (κ1) is 44.7. The number of benzene rings is 9.